The number of allylic oxidation sites excluding steroid dienone is 1. The van der Waals surface area contributed by atoms with Crippen LogP contribution < -0.4 is 0 Å². The molecule has 0 amide bonds. The van der Waals surface area contributed by atoms with Crippen LogP contribution in [-0.2, 0) is 14.3 Å². The molecule has 0 aromatic rings. The zero-order valence-corrected chi connectivity index (χ0v) is 6.47. The molecule has 0 radical (unpaired) electrons. The lowest BCUT2D eigenvalue weighted by atomic mass is 10.2. The van der Waals surface area contributed by atoms with E-state index < -0.39 is 0 Å². The second-order valence-electron chi connectivity index (χ2n) is 2.48. The molecule has 0 aromatic heterocycles. The van der Waals surface area contributed by atoms with Gasteiger partial charge in [-0.25, -0.2) is 0 Å². The van der Waals surface area contributed by atoms with Crippen molar-refractivity contribution in [3.05, 3.63) is 12.3 Å². The van der Waals surface area contributed by atoms with Crippen molar-refractivity contribution < 1.29 is 14.3 Å². The van der Waals surface area contributed by atoms with Gasteiger partial charge in [-0.05, 0) is 0 Å². The fourth-order valence-corrected chi connectivity index (χ4v) is 0.854. The van der Waals surface area contributed by atoms with Gasteiger partial charge in [0.15, 0.2) is 5.78 Å². The van der Waals surface area contributed by atoms with Gasteiger partial charge in [-0.15, -0.1) is 0 Å². The van der Waals surface area contributed by atoms with E-state index in [0.717, 1.165) is 0 Å². The van der Waals surface area contributed by atoms with E-state index in [2.05, 4.69) is 6.58 Å². The first-order valence-corrected chi connectivity index (χ1v) is 3.69. The van der Waals surface area contributed by atoms with Gasteiger partial charge in [-0.3, -0.25) is 4.79 Å². The Morgan fingerprint density at radius 1 is 1.27 bits per heavy atom. The van der Waals surface area contributed by atoms with Gasteiger partial charge in [0.05, 0.1) is 12.4 Å². The van der Waals surface area contributed by atoms with Crippen molar-refractivity contribution in [3.63, 3.8) is 0 Å². The molecule has 11 heavy (non-hydrogen) atoms. The minimum Gasteiger partial charge on any atom is -0.496 e. The zero-order valence-electron chi connectivity index (χ0n) is 6.47. The Hall–Kier alpha value is -0.830. The molecule has 0 N–H and O–H groups in total. The van der Waals surface area contributed by atoms with E-state index in [9.17, 15) is 4.79 Å². The average Bonchev–Trinajstić information content (AvgIpc) is 2.06. The number of ether oxygens (including phenoxy) is 2. The fraction of sp³-hybridized carbons (Fsp3) is 0.625. The van der Waals surface area contributed by atoms with E-state index >= 15 is 0 Å². The number of Topliss-reactive ketones (excluding diaryl/α,β-unsaturated/α-hetero) is 1. The van der Waals surface area contributed by atoms with Crippen LogP contribution in [0.2, 0.25) is 0 Å². The first kappa shape index (κ1) is 8.27. The largest absolute Gasteiger partial charge is 0.496 e. The summed E-state index contributed by atoms with van der Waals surface area (Å²) in [6.07, 6.45) is 1.11. The second kappa shape index (κ2) is 4.13. The third kappa shape index (κ3) is 3.18. The third-order valence-electron chi connectivity index (χ3n) is 1.48. The van der Waals surface area contributed by atoms with E-state index in [4.69, 9.17) is 9.47 Å². The Morgan fingerprint density at radius 3 is 2.91 bits per heavy atom. The van der Waals surface area contributed by atoms with Crippen LogP contribution in [0.3, 0.4) is 0 Å². The lowest BCUT2D eigenvalue weighted by molar-refractivity contribution is -0.123. The van der Waals surface area contributed by atoms with Crippen molar-refractivity contribution >= 4 is 5.78 Å². The molecule has 3 nitrogen and oxygen atoms in total. The van der Waals surface area contributed by atoms with Crippen LogP contribution in [0.5, 0.6) is 0 Å². The van der Waals surface area contributed by atoms with Crippen LogP contribution in [0.1, 0.15) is 12.8 Å². The summed E-state index contributed by atoms with van der Waals surface area (Å²) in [7, 11) is 0. The first-order valence-electron chi connectivity index (χ1n) is 3.69. The Labute approximate surface area is 66.0 Å². The van der Waals surface area contributed by atoms with Gasteiger partial charge in [0.1, 0.15) is 13.2 Å². The van der Waals surface area contributed by atoms with Crippen molar-refractivity contribution in [2.75, 3.05) is 19.8 Å². The molecule has 0 unspecified atom stereocenters. The van der Waals surface area contributed by atoms with Gasteiger partial charge in [0.25, 0.3) is 0 Å². The van der Waals surface area contributed by atoms with Crippen LogP contribution in [0.15, 0.2) is 12.3 Å². The Kier molecular flexibility index (Phi) is 3.11. The molecular formula is C8H12O3. The molecule has 0 aromatic carbocycles. The maximum Gasteiger partial charge on any atom is 0.158 e. The van der Waals surface area contributed by atoms with Crippen molar-refractivity contribution in [2.24, 2.45) is 0 Å². The average molecular weight is 156 g/mol. The van der Waals surface area contributed by atoms with E-state index in [1.807, 2.05) is 0 Å². The van der Waals surface area contributed by atoms with Gasteiger partial charge in [0, 0.05) is 12.8 Å². The van der Waals surface area contributed by atoms with Crippen LogP contribution in [0, 0.1) is 0 Å². The molecule has 0 bridgehead atoms. The van der Waals surface area contributed by atoms with E-state index in [1.54, 1.807) is 0 Å². The molecular weight excluding hydrogens is 144 g/mol. The number of ketones is 1. The molecule has 0 aliphatic carbocycles. The molecule has 1 heterocycles. The number of carbonyl (C=O) groups is 1. The van der Waals surface area contributed by atoms with E-state index in [-0.39, 0.29) is 12.4 Å². The first-order chi connectivity index (χ1) is 5.29. The van der Waals surface area contributed by atoms with E-state index in [0.29, 0.717) is 31.8 Å². The van der Waals surface area contributed by atoms with Crippen molar-refractivity contribution in [1.29, 1.82) is 0 Å². The van der Waals surface area contributed by atoms with Crippen LogP contribution in [0.25, 0.3) is 0 Å². The molecule has 0 saturated carbocycles. The topological polar surface area (TPSA) is 35.5 Å². The van der Waals surface area contributed by atoms with Gasteiger partial charge in [0.2, 0.25) is 0 Å². The number of hydrogen-bond donors (Lipinski definition) is 0. The standard InChI is InChI=1S/C8H12O3/c1-7-2-3-8(9)6-10-4-5-11-7/h1-6H2. The maximum absolute atomic E-state index is 10.9. The Bertz CT molecular complexity index is 145. The van der Waals surface area contributed by atoms with Crippen molar-refractivity contribution in [2.45, 2.75) is 12.8 Å². The molecule has 1 fully saturated rings. The summed E-state index contributed by atoms with van der Waals surface area (Å²) in [5, 5.41) is 0. The summed E-state index contributed by atoms with van der Waals surface area (Å²) in [5.74, 6) is 0.806. The highest BCUT2D eigenvalue weighted by atomic mass is 16.5. The highest BCUT2D eigenvalue weighted by Crippen LogP contribution is 2.06. The number of rotatable bonds is 0. The molecule has 62 valence electrons. The van der Waals surface area contributed by atoms with Crippen molar-refractivity contribution in [1.82, 2.24) is 0 Å². The molecule has 1 saturated heterocycles. The Balaban J connectivity index is 2.37. The van der Waals surface area contributed by atoms with Crippen LogP contribution in [0.4, 0.5) is 0 Å². The summed E-state index contributed by atoms with van der Waals surface area (Å²) in [4.78, 5) is 10.9. The predicted octanol–water partition coefficient (Wildman–Crippen LogP) is 0.896. The molecule has 1 rings (SSSR count). The molecule has 0 spiro atoms. The lowest BCUT2D eigenvalue weighted by Gasteiger charge is -2.04. The zero-order chi connectivity index (χ0) is 8.10. The van der Waals surface area contributed by atoms with Gasteiger partial charge >= 0.3 is 0 Å². The molecule has 0 atom stereocenters. The number of carbonyl (C=O) groups excluding carboxylic acids is 1. The highest BCUT2D eigenvalue weighted by Gasteiger charge is 2.06. The molecule has 1 aliphatic heterocycles. The molecule has 1 aliphatic rings. The Morgan fingerprint density at radius 2 is 2.09 bits per heavy atom. The summed E-state index contributed by atoms with van der Waals surface area (Å²) < 4.78 is 10.1. The maximum atomic E-state index is 10.9. The number of hydrogen-bond acceptors (Lipinski definition) is 3. The lowest BCUT2D eigenvalue weighted by Crippen LogP contribution is -2.08. The second-order valence-corrected chi connectivity index (χ2v) is 2.48. The SMILES string of the molecule is C=C1CCC(=O)COCCO1. The predicted molar refractivity (Wildman–Crippen MR) is 40.2 cm³/mol. The summed E-state index contributed by atoms with van der Waals surface area (Å²) in [5.41, 5.74) is 0. The van der Waals surface area contributed by atoms with Gasteiger partial charge in [-0.1, -0.05) is 6.58 Å². The smallest absolute Gasteiger partial charge is 0.158 e. The summed E-state index contributed by atoms with van der Waals surface area (Å²) >= 11 is 0. The van der Waals surface area contributed by atoms with Gasteiger partial charge < -0.3 is 9.47 Å². The van der Waals surface area contributed by atoms with Crippen molar-refractivity contribution in [3.8, 4) is 0 Å². The minimum atomic E-state index is 0.122. The third-order valence-corrected chi connectivity index (χ3v) is 1.48. The normalized spacial score (nSPS) is 21.5. The summed E-state index contributed by atoms with van der Waals surface area (Å²) in [6.45, 7) is 4.86. The fourth-order valence-electron chi connectivity index (χ4n) is 0.854. The van der Waals surface area contributed by atoms with Crippen LogP contribution in [-0.4, -0.2) is 25.6 Å². The highest BCUT2D eigenvalue weighted by molar-refractivity contribution is 5.79. The van der Waals surface area contributed by atoms with Gasteiger partial charge in [-0.2, -0.15) is 0 Å². The van der Waals surface area contributed by atoms with E-state index in [1.165, 1.54) is 0 Å². The monoisotopic (exact) mass is 156 g/mol. The quantitative estimate of drug-likeness (QED) is 0.522. The summed E-state index contributed by atoms with van der Waals surface area (Å²) in [6, 6.07) is 0. The van der Waals surface area contributed by atoms with Crippen LogP contribution >= 0.6 is 0 Å². The molecule has 3 heteroatoms. The minimum absolute atomic E-state index is 0.122.